The fourth-order valence-electron chi connectivity index (χ4n) is 9.30. The fraction of sp³-hybridized carbons (Fsp3) is 0.367. The van der Waals surface area contributed by atoms with Gasteiger partial charge in [-0.15, -0.1) is 0 Å². The summed E-state index contributed by atoms with van der Waals surface area (Å²) in [5.41, 5.74) is 7.24. The molecule has 0 saturated heterocycles. The van der Waals surface area contributed by atoms with E-state index in [1.807, 2.05) is 0 Å². The van der Waals surface area contributed by atoms with Crippen LogP contribution >= 0.6 is 0 Å². The standard InChI is InChI=1S/C49H50FN9O13/c1-5-49(70)30-16-35-42-28(19-59(35)46(67)29(30)21-71-47(49)68)41-32(11-10-27-22(2)31(50)17-33(55-42)40(27)41)57-48(69)72-20-25-6-8-26(9-7-25)54-45(66)34(18-36(51)60)56-44(65)24(4)53-43(64)23(3)52-37(61)14-15-58-38(62)12-13-39(58)63/h6-9,12-13,16-17,23-24,32,34,70H,5,10-11,14-15,18-21H2,1-4H3,(H2,51,60)(H,52,61)(H,53,64)(H,54,66)(H,56,65)(H,57,69)/t23-,24-,32-,34-,49-/m0/s1. The summed E-state index contributed by atoms with van der Waals surface area (Å²) in [7, 11) is 0. The molecule has 0 unspecified atom stereocenters. The van der Waals surface area contributed by atoms with Gasteiger partial charge in [-0.3, -0.25) is 43.3 Å². The molecule has 4 aromatic rings. The number of nitrogens with two attached hydrogens (primary N) is 1. The lowest BCUT2D eigenvalue weighted by atomic mass is 9.81. The first kappa shape index (κ1) is 50.1. The SMILES string of the molecule is CC[C@@]1(O)C(=O)OCc2c1cc1n(c2=O)Cc2c-1nc1cc(F)c(C)c3c1c2[C@@H](NC(=O)OCc1ccc(NC(=O)[C@H](CC(N)=O)NC(=O)[C@H](C)NC(=O)[C@H](C)NC(=O)CCN2C(=O)C=CC2=O)cc1)CC3. The van der Waals surface area contributed by atoms with E-state index in [2.05, 4.69) is 26.6 Å². The number of anilines is 1. The van der Waals surface area contributed by atoms with E-state index in [4.69, 9.17) is 20.2 Å². The Labute approximate surface area is 408 Å². The van der Waals surface area contributed by atoms with Gasteiger partial charge >= 0.3 is 12.1 Å². The minimum Gasteiger partial charge on any atom is -0.458 e. The number of aliphatic hydroxyl groups is 1. The van der Waals surface area contributed by atoms with Gasteiger partial charge in [-0.1, -0.05) is 19.1 Å². The normalized spacial score (nSPS) is 18.5. The molecule has 0 spiro atoms. The van der Waals surface area contributed by atoms with E-state index >= 15 is 4.39 Å². The second-order valence-corrected chi connectivity index (χ2v) is 18.0. The molecule has 2 aromatic carbocycles. The van der Waals surface area contributed by atoms with Crippen LogP contribution in [0.15, 0.2) is 53.3 Å². The quantitative estimate of drug-likeness (QED) is 0.0538. The molecule has 8 amide bonds. The summed E-state index contributed by atoms with van der Waals surface area (Å²) in [6.07, 6.45) is 1.19. The Hall–Kier alpha value is -8.34. The van der Waals surface area contributed by atoms with Crippen LogP contribution in [0.25, 0.3) is 22.3 Å². The number of imide groups is 1. The van der Waals surface area contributed by atoms with Crippen molar-refractivity contribution in [3.63, 3.8) is 0 Å². The first-order chi connectivity index (χ1) is 34.2. The molecule has 5 atom stereocenters. The third-order valence-corrected chi connectivity index (χ3v) is 13.3. The fourth-order valence-corrected chi connectivity index (χ4v) is 9.30. The van der Waals surface area contributed by atoms with Crippen molar-refractivity contribution in [2.75, 3.05) is 11.9 Å². The number of hydrogen-bond donors (Lipinski definition) is 7. The number of hydrogen-bond acceptors (Lipinski definition) is 14. The number of pyridine rings is 2. The summed E-state index contributed by atoms with van der Waals surface area (Å²) >= 11 is 0. The molecule has 72 heavy (non-hydrogen) atoms. The summed E-state index contributed by atoms with van der Waals surface area (Å²) in [6, 6.07) is 4.46. The van der Waals surface area contributed by atoms with E-state index in [0.717, 1.165) is 22.6 Å². The third-order valence-electron chi connectivity index (χ3n) is 13.3. The van der Waals surface area contributed by atoms with Crippen LogP contribution in [0.5, 0.6) is 0 Å². The molecular weight excluding hydrogens is 942 g/mol. The van der Waals surface area contributed by atoms with Crippen molar-refractivity contribution in [1.82, 2.24) is 35.7 Å². The molecule has 0 radical (unpaired) electrons. The van der Waals surface area contributed by atoms with Crippen molar-refractivity contribution < 1.29 is 62.1 Å². The third kappa shape index (κ3) is 9.61. The molecule has 8 rings (SSSR count). The predicted molar refractivity (Wildman–Crippen MR) is 250 cm³/mol. The summed E-state index contributed by atoms with van der Waals surface area (Å²) in [4.78, 5) is 133. The number of aromatic nitrogens is 2. The number of nitrogens with zero attached hydrogens (tertiary/aromatic N) is 3. The monoisotopic (exact) mass is 991 g/mol. The number of primary amides is 1. The van der Waals surface area contributed by atoms with Crippen LogP contribution in [0.2, 0.25) is 0 Å². The number of esters is 1. The van der Waals surface area contributed by atoms with Gasteiger partial charge in [-0.25, -0.2) is 19.0 Å². The topological polar surface area (TPSA) is 317 Å². The first-order valence-electron chi connectivity index (χ1n) is 23.1. The van der Waals surface area contributed by atoms with E-state index in [1.165, 1.54) is 36.6 Å². The van der Waals surface area contributed by atoms with Crippen LogP contribution in [0, 0.1) is 12.7 Å². The van der Waals surface area contributed by atoms with Crippen molar-refractivity contribution in [1.29, 1.82) is 0 Å². The number of benzene rings is 2. The van der Waals surface area contributed by atoms with Crippen molar-refractivity contribution in [3.8, 4) is 11.4 Å². The molecule has 1 aliphatic carbocycles. The summed E-state index contributed by atoms with van der Waals surface area (Å²) in [5, 5.41) is 24.7. The molecule has 23 heteroatoms. The van der Waals surface area contributed by atoms with Crippen molar-refractivity contribution >= 4 is 70.0 Å². The van der Waals surface area contributed by atoms with Crippen molar-refractivity contribution in [2.45, 2.75) is 109 Å². The molecule has 2 aromatic heterocycles. The van der Waals surface area contributed by atoms with Gasteiger partial charge in [-0.2, -0.15) is 0 Å². The van der Waals surface area contributed by atoms with Gasteiger partial charge in [0.05, 0.1) is 41.5 Å². The maximum atomic E-state index is 15.4. The van der Waals surface area contributed by atoms with Gasteiger partial charge in [0.2, 0.25) is 29.5 Å². The number of ether oxygens (including phenoxy) is 2. The number of nitrogens with one attached hydrogen (secondary N) is 5. The van der Waals surface area contributed by atoms with E-state index in [1.54, 1.807) is 32.0 Å². The highest BCUT2D eigenvalue weighted by Gasteiger charge is 2.46. The first-order valence-corrected chi connectivity index (χ1v) is 23.1. The zero-order valence-corrected chi connectivity index (χ0v) is 39.4. The molecule has 0 bridgehead atoms. The highest BCUT2D eigenvalue weighted by atomic mass is 19.1. The molecule has 376 valence electrons. The number of fused-ring (bicyclic) bond motifs is 5. The van der Waals surface area contributed by atoms with Gasteiger partial charge in [0.15, 0.2) is 5.60 Å². The molecule has 5 heterocycles. The number of rotatable bonds is 16. The second kappa shape index (κ2) is 19.8. The van der Waals surface area contributed by atoms with Crippen LogP contribution in [0.3, 0.4) is 0 Å². The molecule has 0 saturated carbocycles. The Morgan fingerprint density at radius 1 is 0.944 bits per heavy atom. The van der Waals surface area contributed by atoms with Gasteiger partial charge < -0.3 is 51.5 Å². The van der Waals surface area contributed by atoms with Crippen LogP contribution in [0.4, 0.5) is 14.9 Å². The lowest BCUT2D eigenvalue weighted by molar-refractivity contribution is -0.172. The van der Waals surface area contributed by atoms with E-state index in [9.17, 15) is 53.1 Å². The van der Waals surface area contributed by atoms with Gasteiger partial charge in [0, 0.05) is 53.4 Å². The molecular formula is C49H50FN9O13. The lowest BCUT2D eigenvalue weighted by Gasteiger charge is -2.31. The summed E-state index contributed by atoms with van der Waals surface area (Å²) < 4.78 is 27.7. The molecule has 22 nitrogen and oxygen atoms in total. The Bertz CT molecular complexity index is 3100. The van der Waals surface area contributed by atoms with Gasteiger partial charge in [0.25, 0.3) is 17.4 Å². The zero-order valence-electron chi connectivity index (χ0n) is 39.4. The van der Waals surface area contributed by atoms with Crippen LogP contribution in [0.1, 0.15) is 91.4 Å². The Morgan fingerprint density at radius 3 is 2.31 bits per heavy atom. The van der Waals surface area contributed by atoms with Gasteiger partial charge in [-0.05, 0) is 80.5 Å². The zero-order chi connectivity index (χ0) is 51.9. The average molecular weight is 992 g/mol. The minimum atomic E-state index is -2.05. The van der Waals surface area contributed by atoms with E-state index < -0.39 is 101 Å². The number of halogens is 1. The van der Waals surface area contributed by atoms with E-state index in [-0.39, 0.29) is 56.0 Å². The van der Waals surface area contributed by atoms with Crippen LogP contribution in [-0.2, 0) is 79.6 Å². The maximum Gasteiger partial charge on any atom is 0.407 e. The molecule has 4 aliphatic rings. The Kier molecular flexibility index (Phi) is 13.8. The van der Waals surface area contributed by atoms with E-state index in [0.29, 0.717) is 57.4 Å². The number of amides is 8. The predicted octanol–water partition coefficient (Wildman–Crippen LogP) is 1.06. The smallest absolute Gasteiger partial charge is 0.407 e. The van der Waals surface area contributed by atoms with Crippen LogP contribution < -0.4 is 37.9 Å². The highest BCUT2D eigenvalue weighted by molar-refractivity contribution is 6.13. The second-order valence-electron chi connectivity index (χ2n) is 18.0. The maximum absolute atomic E-state index is 15.4. The van der Waals surface area contributed by atoms with Crippen LogP contribution in [-0.4, -0.2) is 97.6 Å². The van der Waals surface area contributed by atoms with Crippen molar-refractivity contribution in [3.05, 3.63) is 104 Å². The lowest BCUT2D eigenvalue weighted by Crippen LogP contribution is -2.55. The Balaban J connectivity index is 0.886. The summed E-state index contributed by atoms with van der Waals surface area (Å²) in [5.74, 6) is -6.46. The minimum absolute atomic E-state index is 0.0468. The largest absolute Gasteiger partial charge is 0.458 e. The number of alkyl carbamates (subject to hydrolysis) is 1. The Morgan fingerprint density at radius 2 is 1.62 bits per heavy atom. The molecule has 3 aliphatic heterocycles. The average Bonchev–Trinajstić information content (AvgIpc) is 3.88. The number of aryl methyl sites for hydroxylation is 1. The van der Waals surface area contributed by atoms with Gasteiger partial charge in [0.1, 0.15) is 37.2 Å². The number of carbonyl (C=O) groups is 9. The molecule has 0 fully saturated rings. The number of cyclic esters (lactones) is 1. The highest BCUT2D eigenvalue weighted by Crippen LogP contribution is 2.46. The summed E-state index contributed by atoms with van der Waals surface area (Å²) in [6.45, 7) is 5.24. The molecule has 8 N–H and O–H groups in total. The number of carbonyl (C=O) groups excluding carboxylic acids is 9. The van der Waals surface area contributed by atoms with Crippen molar-refractivity contribution in [2.24, 2.45) is 5.73 Å².